The molecular formula is C9H20OS. The van der Waals surface area contributed by atoms with Crippen LogP contribution in [0, 0.1) is 0 Å². The Labute approximate surface area is 74.6 Å². The van der Waals surface area contributed by atoms with E-state index >= 15 is 0 Å². The van der Waals surface area contributed by atoms with Crippen molar-refractivity contribution in [1.29, 1.82) is 0 Å². The van der Waals surface area contributed by atoms with Crippen molar-refractivity contribution in [3.63, 3.8) is 0 Å². The highest BCUT2D eigenvalue weighted by Gasteiger charge is 1.99. The van der Waals surface area contributed by atoms with Crippen LogP contribution in [0.25, 0.3) is 0 Å². The number of hydrogen-bond acceptors (Lipinski definition) is 2. The zero-order valence-electron chi connectivity index (χ0n) is 7.68. The molecule has 0 aromatic rings. The van der Waals surface area contributed by atoms with E-state index in [1.165, 1.54) is 25.0 Å². The van der Waals surface area contributed by atoms with Crippen LogP contribution in [-0.2, 0) is 0 Å². The van der Waals surface area contributed by atoms with E-state index in [1.807, 2.05) is 11.8 Å². The normalized spacial score (nSPS) is 13.4. The van der Waals surface area contributed by atoms with E-state index in [4.69, 9.17) is 5.11 Å². The molecule has 0 amide bonds. The average Bonchev–Trinajstić information content (AvgIpc) is 1.99. The minimum absolute atomic E-state index is 0.335. The number of thioether (sulfide) groups is 1. The summed E-state index contributed by atoms with van der Waals surface area (Å²) in [5, 5.41) is 9.26. The first-order valence-electron chi connectivity index (χ1n) is 4.53. The Morgan fingerprint density at radius 3 is 2.64 bits per heavy atom. The molecule has 0 heterocycles. The Kier molecular flexibility index (Phi) is 8.64. The lowest BCUT2D eigenvalue weighted by atomic mass is 10.3. The second-order valence-corrected chi connectivity index (χ2v) is 4.45. The lowest BCUT2D eigenvalue weighted by Gasteiger charge is -2.07. The molecular weight excluding hydrogens is 156 g/mol. The van der Waals surface area contributed by atoms with Gasteiger partial charge in [0.1, 0.15) is 0 Å². The number of rotatable bonds is 7. The number of unbranched alkanes of at least 4 members (excludes halogenated alkanes) is 2. The molecule has 0 fully saturated rings. The van der Waals surface area contributed by atoms with Crippen molar-refractivity contribution < 1.29 is 5.11 Å². The Bertz CT molecular complexity index is 76.0. The summed E-state index contributed by atoms with van der Waals surface area (Å²) in [6.07, 6.45) is 4.92. The van der Waals surface area contributed by atoms with Crippen molar-refractivity contribution >= 4 is 11.8 Å². The summed E-state index contributed by atoms with van der Waals surface area (Å²) in [5.41, 5.74) is 0. The van der Waals surface area contributed by atoms with Crippen LogP contribution in [0.15, 0.2) is 0 Å². The van der Waals surface area contributed by atoms with E-state index in [1.54, 1.807) is 0 Å². The van der Waals surface area contributed by atoms with Gasteiger partial charge in [-0.05, 0) is 18.6 Å². The van der Waals surface area contributed by atoms with E-state index < -0.39 is 0 Å². The van der Waals surface area contributed by atoms with Crippen LogP contribution in [0.1, 0.15) is 39.5 Å². The van der Waals surface area contributed by atoms with E-state index in [9.17, 15) is 0 Å². The molecule has 0 bridgehead atoms. The molecule has 68 valence electrons. The first-order chi connectivity index (χ1) is 5.31. The van der Waals surface area contributed by atoms with Crippen molar-refractivity contribution in [2.75, 3.05) is 12.4 Å². The minimum atomic E-state index is 0.335. The van der Waals surface area contributed by atoms with Crippen LogP contribution >= 0.6 is 11.8 Å². The summed E-state index contributed by atoms with van der Waals surface area (Å²) in [7, 11) is 0. The Morgan fingerprint density at radius 1 is 1.36 bits per heavy atom. The predicted octanol–water partition coefficient (Wildman–Crippen LogP) is 2.68. The van der Waals surface area contributed by atoms with E-state index in [-0.39, 0.29) is 0 Å². The highest BCUT2D eigenvalue weighted by Crippen LogP contribution is 2.15. The Morgan fingerprint density at radius 2 is 2.09 bits per heavy atom. The van der Waals surface area contributed by atoms with Gasteiger partial charge in [-0.2, -0.15) is 11.8 Å². The maximum atomic E-state index is 8.63. The minimum Gasteiger partial charge on any atom is -0.396 e. The molecule has 0 saturated carbocycles. The highest BCUT2D eigenvalue weighted by molar-refractivity contribution is 7.99. The predicted molar refractivity (Wildman–Crippen MR) is 53.1 cm³/mol. The lowest BCUT2D eigenvalue weighted by Crippen LogP contribution is -2.00. The van der Waals surface area contributed by atoms with Gasteiger partial charge in [0, 0.05) is 11.9 Å². The van der Waals surface area contributed by atoms with E-state index in [2.05, 4.69) is 13.8 Å². The average molecular weight is 176 g/mol. The van der Waals surface area contributed by atoms with Crippen molar-refractivity contribution in [3.8, 4) is 0 Å². The van der Waals surface area contributed by atoms with Crippen LogP contribution in [0.2, 0.25) is 0 Å². The summed E-state index contributed by atoms with van der Waals surface area (Å²) in [6.45, 7) is 4.75. The fourth-order valence-corrected chi connectivity index (χ4v) is 1.95. The third-order valence-corrected chi connectivity index (χ3v) is 3.02. The lowest BCUT2D eigenvalue weighted by molar-refractivity contribution is 0.289. The zero-order valence-corrected chi connectivity index (χ0v) is 8.49. The molecule has 1 unspecified atom stereocenters. The fourth-order valence-electron chi connectivity index (χ4n) is 0.902. The molecule has 0 aliphatic carbocycles. The van der Waals surface area contributed by atoms with Gasteiger partial charge in [-0.15, -0.1) is 0 Å². The van der Waals surface area contributed by atoms with Gasteiger partial charge < -0.3 is 5.11 Å². The van der Waals surface area contributed by atoms with Crippen molar-refractivity contribution in [2.24, 2.45) is 0 Å². The van der Waals surface area contributed by atoms with Crippen molar-refractivity contribution in [1.82, 2.24) is 0 Å². The molecule has 0 aliphatic heterocycles. The van der Waals surface area contributed by atoms with Gasteiger partial charge in [-0.3, -0.25) is 0 Å². The Hall–Kier alpha value is 0.310. The van der Waals surface area contributed by atoms with Crippen molar-refractivity contribution in [3.05, 3.63) is 0 Å². The smallest absolute Gasteiger partial charge is 0.0441 e. The maximum absolute atomic E-state index is 8.63. The van der Waals surface area contributed by atoms with Crippen LogP contribution in [0.3, 0.4) is 0 Å². The quantitative estimate of drug-likeness (QED) is 0.602. The number of aliphatic hydroxyl groups is 1. The highest BCUT2D eigenvalue weighted by atomic mass is 32.2. The molecule has 2 heteroatoms. The van der Waals surface area contributed by atoms with Gasteiger partial charge in [0.25, 0.3) is 0 Å². The zero-order chi connectivity index (χ0) is 8.53. The van der Waals surface area contributed by atoms with Crippen LogP contribution in [0.4, 0.5) is 0 Å². The van der Waals surface area contributed by atoms with Gasteiger partial charge in [-0.1, -0.05) is 26.7 Å². The summed E-state index contributed by atoms with van der Waals surface area (Å²) < 4.78 is 0. The molecule has 1 N–H and O–H groups in total. The summed E-state index contributed by atoms with van der Waals surface area (Å²) >= 11 is 1.98. The van der Waals surface area contributed by atoms with Crippen LogP contribution in [0.5, 0.6) is 0 Å². The molecule has 0 spiro atoms. The fraction of sp³-hybridized carbons (Fsp3) is 1.00. The number of hydrogen-bond donors (Lipinski definition) is 1. The second kappa shape index (κ2) is 8.41. The van der Waals surface area contributed by atoms with Crippen molar-refractivity contribution in [2.45, 2.75) is 44.8 Å². The van der Waals surface area contributed by atoms with Crippen LogP contribution < -0.4 is 0 Å². The van der Waals surface area contributed by atoms with Gasteiger partial charge >= 0.3 is 0 Å². The molecule has 0 aromatic carbocycles. The molecule has 0 saturated heterocycles. The second-order valence-electron chi connectivity index (χ2n) is 2.90. The van der Waals surface area contributed by atoms with Gasteiger partial charge in [0.15, 0.2) is 0 Å². The van der Waals surface area contributed by atoms with Crippen LogP contribution in [-0.4, -0.2) is 22.7 Å². The molecule has 1 atom stereocenters. The largest absolute Gasteiger partial charge is 0.396 e. The van der Waals surface area contributed by atoms with Gasteiger partial charge in [-0.25, -0.2) is 0 Å². The molecule has 0 radical (unpaired) electrons. The van der Waals surface area contributed by atoms with E-state index in [0.29, 0.717) is 11.9 Å². The first kappa shape index (κ1) is 11.3. The monoisotopic (exact) mass is 176 g/mol. The third kappa shape index (κ3) is 8.21. The summed E-state index contributed by atoms with van der Waals surface area (Å²) in [4.78, 5) is 0. The summed E-state index contributed by atoms with van der Waals surface area (Å²) in [6, 6.07) is 0. The topological polar surface area (TPSA) is 20.2 Å². The standard InChI is InChI=1S/C9H20OS/c1-3-4-5-8-11-9(2)6-7-10/h9-10H,3-8H2,1-2H3. The maximum Gasteiger partial charge on any atom is 0.0441 e. The SMILES string of the molecule is CCCCCSC(C)CCO. The summed E-state index contributed by atoms with van der Waals surface area (Å²) in [5.74, 6) is 1.26. The molecule has 0 rings (SSSR count). The molecule has 1 nitrogen and oxygen atoms in total. The molecule has 11 heavy (non-hydrogen) atoms. The molecule has 0 aliphatic rings. The third-order valence-electron chi connectivity index (χ3n) is 1.69. The first-order valence-corrected chi connectivity index (χ1v) is 5.58. The number of aliphatic hydroxyl groups excluding tert-OH is 1. The Balaban J connectivity index is 2.97. The van der Waals surface area contributed by atoms with Gasteiger partial charge in [0.2, 0.25) is 0 Å². The van der Waals surface area contributed by atoms with E-state index in [0.717, 1.165) is 6.42 Å². The van der Waals surface area contributed by atoms with Gasteiger partial charge in [0.05, 0.1) is 0 Å². The molecule has 0 aromatic heterocycles.